The van der Waals surface area contributed by atoms with Crippen LogP contribution < -0.4 is 5.32 Å². The van der Waals surface area contributed by atoms with Gasteiger partial charge in [0.25, 0.3) is 11.8 Å². The maximum absolute atomic E-state index is 12.6. The minimum atomic E-state index is -0.109. The van der Waals surface area contributed by atoms with Crippen LogP contribution in [0.4, 0.5) is 0 Å². The van der Waals surface area contributed by atoms with Crippen LogP contribution in [0.5, 0.6) is 0 Å². The zero-order valence-electron chi connectivity index (χ0n) is 15.8. The molecule has 7 nitrogen and oxygen atoms in total. The average molecular weight is 398 g/mol. The second kappa shape index (κ2) is 8.12. The Morgan fingerprint density at radius 3 is 2.71 bits per heavy atom. The van der Waals surface area contributed by atoms with Crippen molar-refractivity contribution in [1.82, 2.24) is 24.5 Å². The summed E-state index contributed by atoms with van der Waals surface area (Å²) < 4.78 is 1.82. The Morgan fingerprint density at radius 2 is 1.96 bits per heavy atom. The van der Waals surface area contributed by atoms with Gasteiger partial charge < -0.3 is 10.2 Å². The van der Waals surface area contributed by atoms with Crippen LogP contribution in [0.1, 0.15) is 25.9 Å². The molecule has 1 aliphatic rings. The van der Waals surface area contributed by atoms with E-state index in [2.05, 4.69) is 15.2 Å². The van der Waals surface area contributed by atoms with Crippen molar-refractivity contribution in [3.63, 3.8) is 0 Å². The summed E-state index contributed by atoms with van der Waals surface area (Å²) in [5.74, 6) is 0.00810. The fourth-order valence-corrected chi connectivity index (χ4v) is 4.22. The number of aryl methyl sites for hydroxylation is 1. The van der Waals surface area contributed by atoms with E-state index in [1.165, 1.54) is 11.3 Å². The molecule has 28 heavy (non-hydrogen) atoms. The summed E-state index contributed by atoms with van der Waals surface area (Å²) in [5, 5.41) is 4.93. The Labute approximate surface area is 167 Å². The lowest BCUT2D eigenvalue weighted by molar-refractivity contribution is 0.0642. The SMILES string of the molecule is Cc1nc2ccccn2c1C(=O)NCCN1CCN(C(=O)c2cccs2)CC1. The van der Waals surface area contributed by atoms with Gasteiger partial charge in [-0.25, -0.2) is 4.98 Å². The Morgan fingerprint density at radius 1 is 1.14 bits per heavy atom. The van der Waals surface area contributed by atoms with E-state index in [9.17, 15) is 9.59 Å². The van der Waals surface area contributed by atoms with Gasteiger partial charge in [-0.15, -0.1) is 11.3 Å². The van der Waals surface area contributed by atoms with Crippen molar-refractivity contribution in [3.05, 3.63) is 58.2 Å². The first-order chi connectivity index (χ1) is 13.6. The van der Waals surface area contributed by atoms with Crippen molar-refractivity contribution in [2.75, 3.05) is 39.3 Å². The number of thiophene rings is 1. The molecule has 1 N–H and O–H groups in total. The Balaban J connectivity index is 1.26. The summed E-state index contributed by atoms with van der Waals surface area (Å²) in [5.41, 5.74) is 2.09. The van der Waals surface area contributed by atoms with Gasteiger partial charge in [0.1, 0.15) is 11.3 Å². The van der Waals surface area contributed by atoms with E-state index in [1.807, 2.05) is 58.1 Å². The number of imidazole rings is 1. The minimum Gasteiger partial charge on any atom is -0.349 e. The van der Waals surface area contributed by atoms with E-state index in [-0.39, 0.29) is 11.8 Å². The fourth-order valence-electron chi connectivity index (χ4n) is 3.53. The third kappa shape index (κ3) is 3.79. The van der Waals surface area contributed by atoms with Gasteiger partial charge in [0.15, 0.2) is 0 Å². The second-order valence-electron chi connectivity index (χ2n) is 6.84. The van der Waals surface area contributed by atoms with Crippen LogP contribution in [-0.2, 0) is 0 Å². The van der Waals surface area contributed by atoms with Crippen LogP contribution in [-0.4, -0.2) is 70.3 Å². The van der Waals surface area contributed by atoms with E-state index < -0.39 is 0 Å². The molecule has 3 aromatic rings. The number of fused-ring (bicyclic) bond motifs is 1. The summed E-state index contributed by atoms with van der Waals surface area (Å²) >= 11 is 1.48. The molecule has 0 aromatic carbocycles. The Hall–Kier alpha value is -2.71. The topological polar surface area (TPSA) is 70.0 Å². The molecule has 0 radical (unpaired) electrons. The summed E-state index contributed by atoms with van der Waals surface area (Å²) in [7, 11) is 0. The zero-order chi connectivity index (χ0) is 19.5. The maximum Gasteiger partial charge on any atom is 0.270 e. The maximum atomic E-state index is 12.6. The second-order valence-corrected chi connectivity index (χ2v) is 7.79. The van der Waals surface area contributed by atoms with Gasteiger partial charge in [-0.1, -0.05) is 12.1 Å². The average Bonchev–Trinajstić information content (AvgIpc) is 3.35. The van der Waals surface area contributed by atoms with Crippen LogP contribution in [0.25, 0.3) is 5.65 Å². The van der Waals surface area contributed by atoms with Gasteiger partial charge in [0, 0.05) is 45.5 Å². The minimum absolute atomic E-state index is 0.109. The molecule has 4 rings (SSSR count). The van der Waals surface area contributed by atoms with Crippen LogP contribution in [0.3, 0.4) is 0 Å². The van der Waals surface area contributed by atoms with Gasteiger partial charge >= 0.3 is 0 Å². The molecule has 1 fully saturated rings. The molecule has 0 aliphatic carbocycles. The molecule has 3 aromatic heterocycles. The molecule has 0 bridgehead atoms. The standard InChI is InChI=1S/C20H23N5O2S/c1-15-18(25-8-3-2-6-17(25)22-15)19(26)21-7-9-23-10-12-24(13-11-23)20(27)16-5-4-14-28-16/h2-6,8,14H,7,9-13H2,1H3,(H,21,26). The smallest absolute Gasteiger partial charge is 0.270 e. The number of amides is 2. The Bertz CT molecular complexity index is 974. The Kier molecular flexibility index (Phi) is 5.40. The molecule has 1 saturated heterocycles. The lowest BCUT2D eigenvalue weighted by atomic mass is 10.3. The number of pyridine rings is 1. The molecule has 4 heterocycles. The number of nitrogens with one attached hydrogen (secondary N) is 1. The highest BCUT2D eigenvalue weighted by Gasteiger charge is 2.23. The van der Waals surface area contributed by atoms with Crippen molar-refractivity contribution >= 4 is 28.8 Å². The number of hydrogen-bond donors (Lipinski definition) is 1. The summed E-state index contributed by atoms with van der Waals surface area (Å²) in [6.45, 7) is 6.27. The van der Waals surface area contributed by atoms with Gasteiger partial charge in [-0.3, -0.25) is 18.9 Å². The van der Waals surface area contributed by atoms with E-state index in [4.69, 9.17) is 0 Å². The number of nitrogens with zero attached hydrogens (tertiary/aromatic N) is 4. The lowest BCUT2D eigenvalue weighted by Crippen LogP contribution is -2.50. The number of aromatic nitrogens is 2. The number of carbonyl (C=O) groups excluding carboxylic acids is 2. The van der Waals surface area contributed by atoms with Crippen LogP contribution in [0, 0.1) is 6.92 Å². The van der Waals surface area contributed by atoms with Crippen molar-refractivity contribution in [3.8, 4) is 0 Å². The van der Waals surface area contributed by atoms with E-state index in [0.717, 1.165) is 48.9 Å². The molecule has 0 spiro atoms. The van der Waals surface area contributed by atoms with Crippen LogP contribution >= 0.6 is 11.3 Å². The molecule has 1 aliphatic heterocycles. The highest BCUT2D eigenvalue weighted by Crippen LogP contribution is 2.14. The third-order valence-corrected chi connectivity index (χ3v) is 5.88. The van der Waals surface area contributed by atoms with Crippen molar-refractivity contribution in [2.45, 2.75) is 6.92 Å². The number of rotatable bonds is 5. The van der Waals surface area contributed by atoms with E-state index in [1.54, 1.807) is 0 Å². The third-order valence-electron chi connectivity index (χ3n) is 5.02. The highest BCUT2D eigenvalue weighted by molar-refractivity contribution is 7.12. The fraction of sp³-hybridized carbons (Fsp3) is 0.350. The molecular formula is C20H23N5O2S. The van der Waals surface area contributed by atoms with E-state index >= 15 is 0 Å². The van der Waals surface area contributed by atoms with Gasteiger partial charge in [-0.05, 0) is 30.5 Å². The molecule has 2 amide bonds. The predicted molar refractivity (Wildman–Crippen MR) is 109 cm³/mol. The van der Waals surface area contributed by atoms with Gasteiger partial charge in [0.2, 0.25) is 0 Å². The lowest BCUT2D eigenvalue weighted by Gasteiger charge is -2.34. The molecule has 146 valence electrons. The quantitative estimate of drug-likeness (QED) is 0.714. The summed E-state index contributed by atoms with van der Waals surface area (Å²) in [6.07, 6.45) is 1.86. The van der Waals surface area contributed by atoms with Gasteiger partial charge in [-0.2, -0.15) is 0 Å². The van der Waals surface area contributed by atoms with E-state index in [0.29, 0.717) is 12.2 Å². The largest absolute Gasteiger partial charge is 0.349 e. The predicted octanol–water partition coefficient (Wildman–Crippen LogP) is 1.89. The highest BCUT2D eigenvalue weighted by atomic mass is 32.1. The molecule has 0 unspecified atom stereocenters. The van der Waals surface area contributed by atoms with Crippen molar-refractivity contribution < 1.29 is 9.59 Å². The molecule has 8 heteroatoms. The monoisotopic (exact) mass is 397 g/mol. The van der Waals surface area contributed by atoms with Gasteiger partial charge in [0.05, 0.1) is 10.6 Å². The zero-order valence-corrected chi connectivity index (χ0v) is 16.6. The van der Waals surface area contributed by atoms with Crippen LogP contribution in [0.2, 0.25) is 0 Å². The first kappa shape index (κ1) is 18.6. The number of hydrogen-bond acceptors (Lipinski definition) is 5. The summed E-state index contributed by atoms with van der Waals surface area (Å²) in [4.78, 5) is 34.4. The first-order valence-corrected chi connectivity index (χ1v) is 10.3. The normalized spacial score (nSPS) is 15.1. The molecular weight excluding hydrogens is 374 g/mol. The van der Waals surface area contributed by atoms with Crippen molar-refractivity contribution in [2.24, 2.45) is 0 Å². The first-order valence-electron chi connectivity index (χ1n) is 9.40. The molecule has 0 atom stereocenters. The summed E-state index contributed by atoms with van der Waals surface area (Å²) in [6, 6.07) is 9.47. The number of piperazine rings is 1. The van der Waals surface area contributed by atoms with Crippen LogP contribution in [0.15, 0.2) is 41.9 Å². The van der Waals surface area contributed by atoms with Crippen molar-refractivity contribution in [1.29, 1.82) is 0 Å². The molecule has 0 saturated carbocycles. The number of carbonyl (C=O) groups is 2.